The van der Waals surface area contributed by atoms with Crippen molar-refractivity contribution in [2.24, 2.45) is 11.8 Å². The number of aliphatic carboxylic acids is 1. The topological polar surface area (TPSA) is 62.7 Å². The lowest BCUT2D eigenvalue weighted by Gasteiger charge is -2.38. The zero-order valence-electron chi connectivity index (χ0n) is 21.0. The Balaban J connectivity index is 1.40. The van der Waals surface area contributed by atoms with Crippen LogP contribution < -0.4 is 4.74 Å². The van der Waals surface area contributed by atoms with Gasteiger partial charge in [-0.1, -0.05) is 35.6 Å². The highest BCUT2D eigenvalue weighted by molar-refractivity contribution is 6.31. The van der Waals surface area contributed by atoms with Gasteiger partial charge in [0, 0.05) is 30.1 Å². The summed E-state index contributed by atoms with van der Waals surface area (Å²) in [5.74, 6) is 6.68. The molecule has 0 spiro atoms. The van der Waals surface area contributed by atoms with E-state index in [-0.39, 0.29) is 18.3 Å². The summed E-state index contributed by atoms with van der Waals surface area (Å²) in [7, 11) is 1.59. The molecule has 2 aromatic carbocycles. The molecule has 0 saturated carbocycles. The first-order valence-electron chi connectivity index (χ1n) is 12.7. The van der Waals surface area contributed by atoms with Gasteiger partial charge in [-0.05, 0) is 86.0 Å². The van der Waals surface area contributed by atoms with E-state index < -0.39 is 12.1 Å². The van der Waals surface area contributed by atoms with E-state index in [4.69, 9.17) is 16.3 Å². The first kappa shape index (κ1) is 26.9. The molecule has 1 N–H and O–H groups in total. The van der Waals surface area contributed by atoms with Crippen LogP contribution in [0.3, 0.4) is 0 Å². The molecule has 1 aromatic heterocycles. The molecule has 4 rings (SSSR count). The van der Waals surface area contributed by atoms with E-state index in [0.29, 0.717) is 42.1 Å². The fourth-order valence-corrected chi connectivity index (χ4v) is 5.37. The Labute approximate surface area is 222 Å². The summed E-state index contributed by atoms with van der Waals surface area (Å²) in [4.78, 5) is 17.9. The van der Waals surface area contributed by atoms with Crippen molar-refractivity contribution in [2.45, 2.75) is 38.3 Å². The Hall–Kier alpha value is -3.14. The zero-order valence-corrected chi connectivity index (χ0v) is 21.8. The zero-order chi connectivity index (χ0) is 26.2. The van der Waals surface area contributed by atoms with Crippen molar-refractivity contribution in [2.75, 3.05) is 26.7 Å². The lowest BCUT2D eigenvalue weighted by Crippen LogP contribution is -2.41. The molecule has 1 fully saturated rings. The van der Waals surface area contributed by atoms with Crippen molar-refractivity contribution in [1.82, 2.24) is 9.88 Å². The molecule has 1 saturated heterocycles. The molecule has 2 heterocycles. The van der Waals surface area contributed by atoms with Gasteiger partial charge in [0.1, 0.15) is 11.9 Å². The summed E-state index contributed by atoms with van der Waals surface area (Å²) in [5, 5.41) is 10.7. The number of hydrogen-bond acceptors (Lipinski definition) is 4. The molecule has 7 heteroatoms. The molecule has 0 radical (unpaired) electrons. The van der Waals surface area contributed by atoms with Gasteiger partial charge >= 0.3 is 5.97 Å². The molecule has 1 aliphatic heterocycles. The summed E-state index contributed by atoms with van der Waals surface area (Å²) in [5.41, 5.74) is 2.17. The monoisotopic (exact) mass is 522 g/mol. The van der Waals surface area contributed by atoms with E-state index in [2.05, 4.69) is 21.7 Å². The molecular weight excluding hydrogens is 491 g/mol. The van der Waals surface area contributed by atoms with Gasteiger partial charge in [-0.3, -0.25) is 14.7 Å². The number of methoxy groups -OCH3 is 1. The number of carboxylic acids is 1. The van der Waals surface area contributed by atoms with E-state index in [0.717, 1.165) is 36.0 Å². The van der Waals surface area contributed by atoms with Gasteiger partial charge < -0.3 is 9.84 Å². The minimum absolute atomic E-state index is 0.119. The number of halogens is 2. The van der Waals surface area contributed by atoms with Gasteiger partial charge in [-0.25, -0.2) is 4.39 Å². The van der Waals surface area contributed by atoms with Gasteiger partial charge in [0.25, 0.3) is 0 Å². The Morgan fingerprint density at radius 3 is 2.86 bits per heavy atom. The van der Waals surface area contributed by atoms with Crippen molar-refractivity contribution < 1.29 is 19.0 Å². The average Bonchev–Trinajstić information content (AvgIpc) is 2.91. The first-order valence-corrected chi connectivity index (χ1v) is 13.1. The third kappa shape index (κ3) is 7.21. The Bertz CT molecular complexity index is 1290. The van der Waals surface area contributed by atoms with Crippen molar-refractivity contribution >= 4 is 28.5 Å². The SMILES string of the molecule is COc1ccc2nccc([C@@H](F)CCC3CCN(CC#Cc4ccccc4Cl)CC3CCC(=O)O)c2c1. The molecule has 5 nitrogen and oxygen atoms in total. The van der Waals surface area contributed by atoms with Crippen LogP contribution in [-0.2, 0) is 4.79 Å². The van der Waals surface area contributed by atoms with Gasteiger partial charge in [-0.15, -0.1) is 0 Å². The van der Waals surface area contributed by atoms with Crippen LogP contribution in [-0.4, -0.2) is 47.7 Å². The third-order valence-electron chi connectivity index (χ3n) is 7.21. The second-order valence-corrected chi connectivity index (χ2v) is 9.99. The van der Waals surface area contributed by atoms with Gasteiger partial charge in [0.2, 0.25) is 0 Å². The molecule has 1 aliphatic rings. The molecule has 0 amide bonds. The number of ether oxygens (including phenoxy) is 1. The molecule has 0 bridgehead atoms. The third-order valence-corrected chi connectivity index (χ3v) is 7.54. The van der Waals surface area contributed by atoms with Crippen LogP contribution in [0.25, 0.3) is 10.9 Å². The second-order valence-electron chi connectivity index (χ2n) is 9.59. The molecule has 194 valence electrons. The summed E-state index contributed by atoms with van der Waals surface area (Å²) in [6.07, 6.45) is 3.21. The maximum atomic E-state index is 15.5. The smallest absolute Gasteiger partial charge is 0.303 e. The highest BCUT2D eigenvalue weighted by atomic mass is 35.5. The summed E-state index contributed by atoms with van der Waals surface area (Å²) < 4.78 is 20.9. The minimum atomic E-state index is -1.13. The lowest BCUT2D eigenvalue weighted by atomic mass is 9.79. The number of benzene rings is 2. The van der Waals surface area contributed by atoms with Gasteiger partial charge in [-0.2, -0.15) is 0 Å². The van der Waals surface area contributed by atoms with E-state index in [1.54, 1.807) is 19.4 Å². The second kappa shape index (κ2) is 12.9. The molecule has 2 unspecified atom stereocenters. The van der Waals surface area contributed by atoms with Gasteiger partial charge in [0.05, 0.1) is 24.2 Å². The van der Waals surface area contributed by atoms with Crippen LogP contribution in [0.2, 0.25) is 5.02 Å². The highest BCUT2D eigenvalue weighted by Crippen LogP contribution is 2.36. The molecule has 3 atom stereocenters. The number of carbonyl (C=O) groups is 1. The van der Waals surface area contributed by atoms with Crippen molar-refractivity contribution in [3.8, 4) is 17.6 Å². The Morgan fingerprint density at radius 1 is 1.24 bits per heavy atom. The molecular formula is C30H32ClFN2O3. The van der Waals surface area contributed by atoms with E-state index >= 15 is 4.39 Å². The van der Waals surface area contributed by atoms with Crippen molar-refractivity contribution in [3.63, 3.8) is 0 Å². The fourth-order valence-electron chi connectivity index (χ4n) is 5.19. The van der Waals surface area contributed by atoms with E-state index in [1.807, 2.05) is 42.5 Å². The van der Waals surface area contributed by atoms with Crippen LogP contribution in [0, 0.1) is 23.7 Å². The number of hydrogen-bond donors (Lipinski definition) is 1. The summed E-state index contributed by atoms with van der Waals surface area (Å²) >= 11 is 6.20. The number of alkyl halides is 1. The predicted octanol–water partition coefficient (Wildman–Crippen LogP) is 6.54. The summed E-state index contributed by atoms with van der Waals surface area (Å²) in [6, 6.07) is 14.8. The van der Waals surface area contributed by atoms with Crippen LogP contribution in [0.15, 0.2) is 54.7 Å². The van der Waals surface area contributed by atoms with Crippen LogP contribution in [0.1, 0.15) is 49.4 Å². The maximum absolute atomic E-state index is 15.5. The van der Waals surface area contributed by atoms with Crippen LogP contribution in [0.5, 0.6) is 5.75 Å². The number of pyridine rings is 1. The fraction of sp³-hybridized carbons (Fsp3) is 0.400. The number of rotatable bonds is 9. The number of carboxylic acid groups (broad SMARTS) is 1. The standard InChI is InChI=1S/C30H32ClFN2O3/c1-37-24-10-12-29-26(19-24)25(14-16-33-29)28(32)11-8-21-15-18-34(20-23(21)9-13-30(35)36)17-4-6-22-5-2-3-7-27(22)31/h2-3,5,7,10,12,14,16,19,21,23,28H,8-9,11,13,15,17-18,20H2,1H3,(H,35,36)/t21?,23?,28-/m0/s1. The first-order chi connectivity index (χ1) is 17.9. The minimum Gasteiger partial charge on any atom is -0.497 e. The van der Waals surface area contributed by atoms with E-state index in [1.165, 1.54) is 0 Å². The number of fused-ring (bicyclic) bond motifs is 1. The average molecular weight is 523 g/mol. The number of likely N-dealkylation sites (tertiary alicyclic amines) is 1. The van der Waals surface area contributed by atoms with Crippen LogP contribution >= 0.6 is 11.6 Å². The maximum Gasteiger partial charge on any atom is 0.303 e. The number of nitrogens with zero attached hydrogens (tertiary/aromatic N) is 2. The van der Waals surface area contributed by atoms with Crippen molar-refractivity contribution in [3.05, 3.63) is 70.9 Å². The molecule has 3 aromatic rings. The molecule has 0 aliphatic carbocycles. The summed E-state index contributed by atoms with van der Waals surface area (Å²) in [6.45, 7) is 2.22. The van der Waals surface area contributed by atoms with Gasteiger partial charge in [0.15, 0.2) is 0 Å². The Morgan fingerprint density at radius 2 is 2.08 bits per heavy atom. The quantitative estimate of drug-likeness (QED) is 0.323. The van der Waals surface area contributed by atoms with Crippen molar-refractivity contribution in [1.29, 1.82) is 0 Å². The Kier molecular flexibility index (Phi) is 9.38. The normalized spacial score (nSPS) is 18.7. The largest absolute Gasteiger partial charge is 0.497 e. The number of aromatic nitrogens is 1. The van der Waals surface area contributed by atoms with Crippen LogP contribution in [0.4, 0.5) is 4.39 Å². The van der Waals surface area contributed by atoms with E-state index in [9.17, 15) is 9.90 Å². The predicted molar refractivity (Wildman–Crippen MR) is 145 cm³/mol. The number of piperidine rings is 1. The lowest BCUT2D eigenvalue weighted by molar-refractivity contribution is -0.137. The molecule has 37 heavy (non-hydrogen) atoms. The highest BCUT2D eigenvalue weighted by Gasteiger charge is 2.30.